The molecule has 0 aliphatic rings. The molecule has 3 rings (SSSR count). The number of fused-ring (bicyclic) bond motifs is 1. The molecule has 1 amide bonds. The van der Waals surface area contributed by atoms with Crippen LogP contribution in [0.5, 0.6) is 0 Å². The summed E-state index contributed by atoms with van der Waals surface area (Å²) in [5.41, 5.74) is 4.57. The highest BCUT2D eigenvalue weighted by Crippen LogP contribution is 2.17. The van der Waals surface area contributed by atoms with Crippen LogP contribution < -0.4 is 5.32 Å². The predicted octanol–water partition coefficient (Wildman–Crippen LogP) is 3.44. The molecule has 1 aromatic carbocycles. The number of carbonyl (C=O) groups is 1. The molecule has 3 aromatic rings. The Kier molecular flexibility index (Phi) is 3.67. The van der Waals surface area contributed by atoms with Crippen LogP contribution in [0.4, 0.5) is 0 Å². The lowest BCUT2D eigenvalue weighted by Gasteiger charge is -2.15. The van der Waals surface area contributed by atoms with Crippen molar-refractivity contribution in [3.8, 4) is 0 Å². The van der Waals surface area contributed by atoms with Gasteiger partial charge in [-0.25, -0.2) is 4.98 Å². The van der Waals surface area contributed by atoms with Gasteiger partial charge in [-0.15, -0.1) is 0 Å². The first kappa shape index (κ1) is 14.3. The van der Waals surface area contributed by atoms with Gasteiger partial charge in [0.2, 0.25) is 0 Å². The van der Waals surface area contributed by atoms with Gasteiger partial charge >= 0.3 is 0 Å². The number of pyridine rings is 1. The lowest BCUT2D eigenvalue weighted by molar-refractivity contribution is 0.0935. The van der Waals surface area contributed by atoms with Gasteiger partial charge in [0.1, 0.15) is 11.3 Å². The molecule has 0 bridgehead atoms. The van der Waals surface area contributed by atoms with Crippen molar-refractivity contribution in [1.82, 2.24) is 14.7 Å². The molecule has 0 saturated carbocycles. The van der Waals surface area contributed by atoms with Crippen molar-refractivity contribution in [3.05, 3.63) is 71.2 Å². The monoisotopic (exact) mass is 293 g/mol. The second-order valence-corrected chi connectivity index (χ2v) is 5.57. The number of nitrogens with zero attached hydrogens (tertiary/aromatic N) is 2. The Labute approximate surface area is 129 Å². The molecule has 0 aliphatic carbocycles. The normalized spacial score (nSPS) is 12.3. The zero-order valence-electron chi connectivity index (χ0n) is 13.0. The Balaban J connectivity index is 1.84. The van der Waals surface area contributed by atoms with Crippen LogP contribution in [0, 0.1) is 13.8 Å². The molecule has 4 heteroatoms. The van der Waals surface area contributed by atoms with Crippen LogP contribution >= 0.6 is 0 Å². The third-order valence-electron chi connectivity index (χ3n) is 3.93. The molecule has 1 N–H and O–H groups in total. The molecule has 22 heavy (non-hydrogen) atoms. The van der Waals surface area contributed by atoms with Crippen LogP contribution in [0.1, 0.15) is 40.3 Å². The maximum Gasteiger partial charge on any atom is 0.271 e. The van der Waals surface area contributed by atoms with E-state index in [-0.39, 0.29) is 11.9 Å². The first-order chi connectivity index (χ1) is 10.6. The molecule has 0 spiro atoms. The van der Waals surface area contributed by atoms with Crippen molar-refractivity contribution in [2.45, 2.75) is 26.8 Å². The topological polar surface area (TPSA) is 46.4 Å². The standard InChI is InChI=1S/C18H19N3O/c1-12-7-4-5-9-15(12)14(3)19-18(22)16-11-21-13(2)8-6-10-17(21)20-16/h4-11,14H,1-3H3,(H,19,22). The zero-order chi connectivity index (χ0) is 15.7. The van der Waals surface area contributed by atoms with Crippen LogP contribution in [-0.2, 0) is 0 Å². The summed E-state index contributed by atoms with van der Waals surface area (Å²) >= 11 is 0. The molecule has 0 saturated heterocycles. The number of hydrogen-bond acceptors (Lipinski definition) is 2. The van der Waals surface area contributed by atoms with Crippen LogP contribution in [0.15, 0.2) is 48.7 Å². The number of aromatic nitrogens is 2. The summed E-state index contributed by atoms with van der Waals surface area (Å²) in [6, 6.07) is 13.8. The predicted molar refractivity (Wildman–Crippen MR) is 87.0 cm³/mol. The number of nitrogens with one attached hydrogen (secondary N) is 1. The fourth-order valence-corrected chi connectivity index (χ4v) is 2.68. The smallest absolute Gasteiger partial charge is 0.271 e. The summed E-state index contributed by atoms with van der Waals surface area (Å²) in [4.78, 5) is 16.8. The highest BCUT2D eigenvalue weighted by atomic mass is 16.1. The van der Waals surface area contributed by atoms with Gasteiger partial charge in [0, 0.05) is 11.9 Å². The number of benzene rings is 1. The number of aryl methyl sites for hydroxylation is 2. The molecule has 1 unspecified atom stereocenters. The lowest BCUT2D eigenvalue weighted by Crippen LogP contribution is -2.27. The highest BCUT2D eigenvalue weighted by Gasteiger charge is 2.15. The largest absolute Gasteiger partial charge is 0.344 e. The number of rotatable bonds is 3. The van der Waals surface area contributed by atoms with Gasteiger partial charge < -0.3 is 9.72 Å². The SMILES string of the molecule is Cc1ccccc1C(C)NC(=O)c1cn2c(C)cccc2n1. The van der Waals surface area contributed by atoms with Crippen LogP contribution in [0.25, 0.3) is 5.65 Å². The van der Waals surface area contributed by atoms with E-state index in [1.54, 1.807) is 6.20 Å². The second kappa shape index (κ2) is 5.64. The number of hydrogen-bond donors (Lipinski definition) is 1. The molecular formula is C18H19N3O. The van der Waals surface area contributed by atoms with E-state index in [0.29, 0.717) is 5.69 Å². The Bertz CT molecular complexity index is 835. The molecule has 2 heterocycles. The van der Waals surface area contributed by atoms with Crippen molar-refractivity contribution >= 4 is 11.6 Å². The van der Waals surface area contributed by atoms with E-state index in [4.69, 9.17) is 0 Å². The summed E-state index contributed by atoms with van der Waals surface area (Å²) in [6.07, 6.45) is 1.78. The fraction of sp³-hybridized carbons (Fsp3) is 0.222. The van der Waals surface area contributed by atoms with Gasteiger partial charge in [0.15, 0.2) is 0 Å². The van der Waals surface area contributed by atoms with E-state index < -0.39 is 0 Å². The van der Waals surface area contributed by atoms with E-state index in [9.17, 15) is 4.79 Å². The Hall–Kier alpha value is -2.62. The third kappa shape index (κ3) is 2.60. The van der Waals surface area contributed by atoms with Gasteiger partial charge in [-0.05, 0) is 44.0 Å². The summed E-state index contributed by atoms with van der Waals surface area (Å²) < 4.78 is 1.92. The minimum Gasteiger partial charge on any atom is -0.344 e. The van der Waals surface area contributed by atoms with Gasteiger partial charge in [-0.2, -0.15) is 0 Å². The number of imidazole rings is 1. The summed E-state index contributed by atoms with van der Waals surface area (Å²) in [5, 5.41) is 3.02. The molecule has 0 aliphatic heterocycles. The Morgan fingerprint density at radius 3 is 2.64 bits per heavy atom. The van der Waals surface area contributed by atoms with Crippen LogP contribution in [0.3, 0.4) is 0 Å². The average Bonchev–Trinajstić information content (AvgIpc) is 2.93. The van der Waals surface area contributed by atoms with Crippen molar-refractivity contribution in [2.75, 3.05) is 0 Å². The molecule has 4 nitrogen and oxygen atoms in total. The van der Waals surface area contributed by atoms with Crippen LogP contribution in [0.2, 0.25) is 0 Å². The summed E-state index contributed by atoms with van der Waals surface area (Å²) in [7, 11) is 0. The Morgan fingerprint density at radius 2 is 1.91 bits per heavy atom. The van der Waals surface area contributed by atoms with Crippen LogP contribution in [-0.4, -0.2) is 15.3 Å². The maximum atomic E-state index is 12.4. The van der Waals surface area contributed by atoms with Gasteiger partial charge in [-0.3, -0.25) is 4.79 Å². The fourth-order valence-electron chi connectivity index (χ4n) is 2.68. The van der Waals surface area contributed by atoms with E-state index in [2.05, 4.69) is 10.3 Å². The van der Waals surface area contributed by atoms with E-state index in [1.807, 2.05) is 67.6 Å². The summed E-state index contributed by atoms with van der Waals surface area (Å²) in [5.74, 6) is -0.154. The third-order valence-corrected chi connectivity index (χ3v) is 3.93. The summed E-state index contributed by atoms with van der Waals surface area (Å²) in [6.45, 7) is 6.03. The first-order valence-corrected chi connectivity index (χ1v) is 7.37. The van der Waals surface area contributed by atoms with Crippen molar-refractivity contribution < 1.29 is 4.79 Å². The van der Waals surface area contributed by atoms with Crippen molar-refractivity contribution in [2.24, 2.45) is 0 Å². The van der Waals surface area contributed by atoms with E-state index in [1.165, 1.54) is 5.56 Å². The highest BCUT2D eigenvalue weighted by molar-refractivity contribution is 5.93. The molecule has 2 aromatic heterocycles. The Morgan fingerprint density at radius 1 is 1.14 bits per heavy atom. The minimum atomic E-state index is -0.154. The quantitative estimate of drug-likeness (QED) is 0.804. The van der Waals surface area contributed by atoms with Gasteiger partial charge in [-0.1, -0.05) is 30.3 Å². The number of carbonyl (C=O) groups excluding carboxylic acids is 1. The number of amides is 1. The second-order valence-electron chi connectivity index (χ2n) is 5.57. The maximum absolute atomic E-state index is 12.4. The van der Waals surface area contributed by atoms with Crippen molar-refractivity contribution in [1.29, 1.82) is 0 Å². The minimum absolute atomic E-state index is 0.0559. The average molecular weight is 293 g/mol. The molecule has 1 atom stereocenters. The molecule has 0 radical (unpaired) electrons. The molecular weight excluding hydrogens is 274 g/mol. The van der Waals surface area contributed by atoms with E-state index >= 15 is 0 Å². The molecule has 112 valence electrons. The first-order valence-electron chi connectivity index (χ1n) is 7.37. The van der Waals surface area contributed by atoms with Gasteiger partial charge in [0.05, 0.1) is 6.04 Å². The van der Waals surface area contributed by atoms with E-state index in [0.717, 1.165) is 16.9 Å². The lowest BCUT2D eigenvalue weighted by atomic mass is 10.0. The van der Waals surface area contributed by atoms with Gasteiger partial charge in [0.25, 0.3) is 5.91 Å². The molecule has 0 fully saturated rings. The van der Waals surface area contributed by atoms with Crippen molar-refractivity contribution in [3.63, 3.8) is 0 Å². The zero-order valence-corrected chi connectivity index (χ0v) is 13.0.